The molecular weight excluding hydrogens is 759 g/mol. The van der Waals surface area contributed by atoms with Crippen molar-refractivity contribution in [3.63, 3.8) is 0 Å². The normalized spacial score (nSPS) is 22.0. The third kappa shape index (κ3) is 7.98. The molecule has 4 aliphatic rings. The zero-order chi connectivity index (χ0) is 42.2. The van der Waals surface area contributed by atoms with Crippen LogP contribution in [0.1, 0.15) is 95.1 Å². The van der Waals surface area contributed by atoms with Crippen molar-refractivity contribution in [1.29, 1.82) is 0 Å². The summed E-state index contributed by atoms with van der Waals surface area (Å²) in [6, 6.07) is 18.6. The van der Waals surface area contributed by atoms with Crippen LogP contribution in [0.4, 0.5) is 9.59 Å². The Balaban J connectivity index is 0.948. The summed E-state index contributed by atoms with van der Waals surface area (Å²) in [5, 5.41) is 7.74. The number of nitrogens with zero attached hydrogens (tertiary/aromatic N) is 4. The Hall–Kier alpha value is -5.72. The van der Waals surface area contributed by atoms with Crippen molar-refractivity contribution in [3.8, 4) is 22.4 Å². The van der Waals surface area contributed by atoms with Gasteiger partial charge in [0, 0.05) is 30.3 Å². The second-order valence-corrected chi connectivity index (χ2v) is 17.5. The molecule has 0 bridgehead atoms. The number of hydrogen-bond donors (Lipinski definition) is 3. The molecule has 13 heteroatoms. The van der Waals surface area contributed by atoms with Gasteiger partial charge in [-0.25, -0.2) is 14.6 Å². The largest absolute Gasteiger partial charge is 0.453 e. The number of imidazole rings is 1. The van der Waals surface area contributed by atoms with Gasteiger partial charge in [-0.15, -0.1) is 0 Å². The maximum absolute atomic E-state index is 13.8. The van der Waals surface area contributed by atoms with Crippen LogP contribution in [0.2, 0.25) is 0 Å². The van der Waals surface area contributed by atoms with Crippen LogP contribution in [0.5, 0.6) is 0 Å². The summed E-state index contributed by atoms with van der Waals surface area (Å²) < 4.78 is 9.60. The Morgan fingerprint density at radius 3 is 1.93 bits per heavy atom. The van der Waals surface area contributed by atoms with E-state index in [2.05, 4.69) is 70.2 Å². The van der Waals surface area contributed by atoms with Crippen molar-refractivity contribution in [2.75, 3.05) is 27.3 Å². The number of aryl methyl sites for hydroxylation is 1. The first kappa shape index (κ1) is 41.0. The summed E-state index contributed by atoms with van der Waals surface area (Å²) in [6.45, 7) is 8.98. The van der Waals surface area contributed by atoms with E-state index in [1.165, 1.54) is 36.5 Å². The number of rotatable bonds is 10. The molecule has 4 heterocycles. The second kappa shape index (κ2) is 17.1. The average Bonchev–Trinajstić information content (AvgIpc) is 4.09. The number of ether oxygens (including phenoxy) is 2. The minimum atomic E-state index is -0.682. The summed E-state index contributed by atoms with van der Waals surface area (Å²) in [4.78, 5) is 68.7. The fraction of sp³-hybridized carbons (Fsp3) is 0.489. The topological polar surface area (TPSA) is 158 Å². The van der Waals surface area contributed by atoms with Gasteiger partial charge in [-0.3, -0.25) is 14.6 Å². The van der Waals surface area contributed by atoms with E-state index < -0.39 is 24.3 Å². The number of aliphatic imine (C=N–C) groups is 1. The molecule has 4 amide bonds. The molecule has 1 aromatic heterocycles. The van der Waals surface area contributed by atoms with Gasteiger partial charge in [0.05, 0.1) is 44.2 Å². The number of likely N-dealkylation sites (tertiary alicyclic amines) is 2. The number of fused-ring (bicyclic) bond motifs is 4. The molecule has 3 aromatic carbocycles. The van der Waals surface area contributed by atoms with E-state index in [4.69, 9.17) is 19.5 Å². The number of carbonyl (C=O) groups is 4. The van der Waals surface area contributed by atoms with Gasteiger partial charge in [-0.2, -0.15) is 0 Å². The highest BCUT2D eigenvalue weighted by Gasteiger charge is 2.43. The number of carbonyl (C=O) groups excluding carboxylic acids is 4. The summed E-state index contributed by atoms with van der Waals surface area (Å²) in [5.74, 6) is 0.692. The highest BCUT2D eigenvalue weighted by Crippen LogP contribution is 2.43. The molecule has 1 aliphatic carbocycles. The van der Waals surface area contributed by atoms with Gasteiger partial charge in [0.25, 0.3) is 0 Å². The maximum atomic E-state index is 13.8. The number of hydrogen-bond acceptors (Lipinski definition) is 8. The summed E-state index contributed by atoms with van der Waals surface area (Å²) in [6.07, 6.45) is 6.90. The molecule has 4 aromatic rings. The zero-order valence-electron chi connectivity index (χ0n) is 35.5. The lowest BCUT2D eigenvalue weighted by molar-refractivity contribution is -0.135. The van der Waals surface area contributed by atoms with E-state index in [0.29, 0.717) is 19.0 Å². The van der Waals surface area contributed by atoms with Gasteiger partial charge < -0.3 is 34.9 Å². The Bertz CT molecular complexity index is 2320. The average molecular weight is 816 g/mol. The number of alkyl carbamates (subject to hydrolysis) is 2. The molecule has 3 N–H and O–H groups in total. The van der Waals surface area contributed by atoms with Crippen LogP contribution >= 0.6 is 0 Å². The minimum absolute atomic E-state index is 0.0332. The van der Waals surface area contributed by atoms with E-state index in [-0.39, 0.29) is 41.8 Å². The summed E-state index contributed by atoms with van der Waals surface area (Å²) in [5.41, 5.74) is 8.12. The number of aromatic nitrogens is 2. The Morgan fingerprint density at radius 1 is 0.733 bits per heavy atom. The van der Waals surface area contributed by atoms with Crippen LogP contribution in [0.15, 0.2) is 65.8 Å². The number of H-pyrrole nitrogens is 1. The fourth-order valence-corrected chi connectivity index (χ4v) is 9.88. The monoisotopic (exact) mass is 815 g/mol. The lowest BCUT2D eigenvalue weighted by atomic mass is 9.77. The molecule has 13 nitrogen and oxygen atoms in total. The van der Waals surface area contributed by atoms with Gasteiger partial charge >= 0.3 is 12.2 Å². The van der Waals surface area contributed by atoms with Crippen molar-refractivity contribution in [2.24, 2.45) is 16.8 Å². The number of methoxy groups -OCH3 is 2. The number of amides is 4. The van der Waals surface area contributed by atoms with E-state index in [1.807, 2.05) is 43.7 Å². The second-order valence-electron chi connectivity index (χ2n) is 17.5. The summed E-state index contributed by atoms with van der Waals surface area (Å²) in [7, 11) is 2.62. The van der Waals surface area contributed by atoms with E-state index >= 15 is 0 Å². The van der Waals surface area contributed by atoms with Crippen LogP contribution in [0.25, 0.3) is 33.2 Å². The van der Waals surface area contributed by atoms with Crippen molar-refractivity contribution >= 4 is 40.5 Å². The molecule has 60 heavy (non-hydrogen) atoms. The standard InChI is InChI=1S/C47H57N7O6/c1-26(2)41(51-46(57)59-5)44(55)53-19-7-9-39(53)37-24-35-34-17-15-31(22-32(34)16-18-36(35)49-37)28-11-12-30-23-33(14-13-29(30)21-28)38-25-48-43(50-38)40-10-8-20-54(40)45(56)42(27(3)4)52-47(58)60-6/h11-15,17,21-23,25-27,35-36,39-42H,7-10,16,18-20,24H2,1-6H3,(H,48,50)(H,51,57)(H,52,58)/t35?,36?,39-,40-,41-,42-/m0/s1. The quantitative estimate of drug-likeness (QED) is 0.149. The minimum Gasteiger partial charge on any atom is -0.453 e. The lowest BCUT2D eigenvalue weighted by Gasteiger charge is -2.31. The smallest absolute Gasteiger partial charge is 0.407 e. The van der Waals surface area contributed by atoms with Crippen molar-refractivity contribution in [3.05, 3.63) is 77.7 Å². The van der Waals surface area contributed by atoms with Gasteiger partial charge in [0.2, 0.25) is 11.8 Å². The van der Waals surface area contributed by atoms with Gasteiger partial charge in [0.15, 0.2) is 0 Å². The Kier molecular flexibility index (Phi) is 11.7. The van der Waals surface area contributed by atoms with Crippen LogP contribution in [0.3, 0.4) is 0 Å². The highest BCUT2D eigenvalue weighted by molar-refractivity contribution is 5.97. The van der Waals surface area contributed by atoms with Gasteiger partial charge in [-0.05, 0) is 102 Å². The molecule has 8 rings (SSSR count). The molecule has 2 fully saturated rings. The van der Waals surface area contributed by atoms with Gasteiger partial charge in [-0.1, -0.05) is 70.2 Å². The molecule has 0 radical (unpaired) electrons. The van der Waals surface area contributed by atoms with Crippen LogP contribution in [-0.4, -0.2) is 101 Å². The molecule has 316 valence electrons. The maximum Gasteiger partial charge on any atom is 0.407 e. The molecule has 2 saturated heterocycles. The first-order valence-electron chi connectivity index (χ1n) is 21.5. The van der Waals surface area contributed by atoms with Crippen molar-refractivity contribution in [1.82, 2.24) is 30.4 Å². The molecule has 0 saturated carbocycles. The zero-order valence-corrected chi connectivity index (χ0v) is 35.5. The fourth-order valence-electron chi connectivity index (χ4n) is 9.88. The van der Waals surface area contributed by atoms with E-state index in [0.717, 1.165) is 78.5 Å². The van der Waals surface area contributed by atoms with Crippen LogP contribution < -0.4 is 10.6 Å². The number of aromatic amines is 1. The SMILES string of the molecule is COC(=O)N[C@H](C(=O)N1CCC[C@H]1C1=NC2CCc3cc(-c4ccc5cc(-c6cnc([C@@H]7CCCN7C(=O)[C@@H](NC(=O)OC)C(C)C)[nH]6)ccc5c4)ccc3C2C1)C(C)C. The molecule has 2 unspecified atom stereocenters. The van der Waals surface area contributed by atoms with E-state index in [1.54, 1.807) is 0 Å². The molecule has 0 spiro atoms. The van der Waals surface area contributed by atoms with Crippen LogP contribution in [-0.2, 0) is 25.5 Å². The first-order valence-corrected chi connectivity index (χ1v) is 21.5. The first-order chi connectivity index (χ1) is 28.9. The Labute approximate surface area is 351 Å². The molecular formula is C47H57N7O6. The third-order valence-corrected chi connectivity index (χ3v) is 13.1. The third-order valence-electron chi connectivity index (χ3n) is 13.1. The summed E-state index contributed by atoms with van der Waals surface area (Å²) >= 11 is 0. The molecule has 6 atom stereocenters. The van der Waals surface area contributed by atoms with E-state index in [9.17, 15) is 19.2 Å². The van der Waals surface area contributed by atoms with Gasteiger partial charge in [0.1, 0.15) is 17.9 Å². The lowest BCUT2D eigenvalue weighted by Crippen LogP contribution is -2.53. The van der Waals surface area contributed by atoms with Crippen molar-refractivity contribution < 1.29 is 28.7 Å². The van der Waals surface area contributed by atoms with Crippen LogP contribution in [0, 0.1) is 11.8 Å². The highest BCUT2D eigenvalue weighted by atomic mass is 16.5. The van der Waals surface area contributed by atoms with Crippen molar-refractivity contribution in [2.45, 2.75) is 109 Å². The molecule has 3 aliphatic heterocycles. The predicted molar refractivity (Wildman–Crippen MR) is 231 cm³/mol. The Morgan fingerprint density at radius 2 is 1.30 bits per heavy atom. The predicted octanol–water partition coefficient (Wildman–Crippen LogP) is 7.56. The number of nitrogens with one attached hydrogen (secondary N) is 3. The number of benzene rings is 3.